The minimum atomic E-state index is -0.548. The van der Waals surface area contributed by atoms with Crippen LogP contribution >= 0.6 is 11.8 Å². The van der Waals surface area contributed by atoms with Gasteiger partial charge in [-0.05, 0) is 42.7 Å². The second kappa shape index (κ2) is 12.2. The Labute approximate surface area is 231 Å². The van der Waals surface area contributed by atoms with Gasteiger partial charge in [0.05, 0.1) is 5.57 Å². The van der Waals surface area contributed by atoms with Crippen LogP contribution in [-0.4, -0.2) is 26.5 Å². The number of halogens is 1. The maximum Gasteiger partial charge on any atom is 0.338 e. The maximum atomic E-state index is 14.0. The van der Waals surface area contributed by atoms with E-state index in [9.17, 15) is 9.18 Å². The molecule has 0 saturated carbocycles. The molecule has 200 valence electrons. The van der Waals surface area contributed by atoms with Crippen molar-refractivity contribution in [3.05, 3.63) is 113 Å². The SMILES string of the molecule is CCCSc1nc2n(n1)C(c1ccc(OCc3ccccc3F)cc1)C(C(=O)OCc1ccccc1)=C(C)N2. The molecule has 2 heterocycles. The first-order valence-corrected chi connectivity index (χ1v) is 13.8. The number of allylic oxidation sites excluding steroid dienone is 1. The molecule has 1 aliphatic heterocycles. The monoisotopic (exact) mass is 544 g/mol. The number of rotatable bonds is 10. The fourth-order valence-corrected chi connectivity index (χ4v) is 4.97. The standard InChI is InChI=1S/C30H29FN4O3S/c1-3-17-39-30-33-29-32-20(2)26(28(36)38-18-21-9-5-4-6-10-21)27(35(29)34-30)22-13-15-24(16-14-22)37-19-23-11-7-8-12-25(23)31/h4-16,27H,3,17-19H2,1-2H3,(H,32,33,34). The van der Waals surface area contributed by atoms with E-state index in [1.54, 1.807) is 34.6 Å². The number of hydrogen-bond acceptors (Lipinski definition) is 7. The zero-order chi connectivity index (χ0) is 27.2. The number of benzene rings is 3. The van der Waals surface area contributed by atoms with Crippen molar-refractivity contribution in [3.8, 4) is 5.75 Å². The molecule has 0 fully saturated rings. The summed E-state index contributed by atoms with van der Waals surface area (Å²) in [6.07, 6.45) is 0.994. The van der Waals surface area contributed by atoms with Gasteiger partial charge < -0.3 is 14.8 Å². The Bertz CT molecular complexity index is 1470. The highest BCUT2D eigenvalue weighted by atomic mass is 32.2. The van der Waals surface area contributed by atoms with Gasteiger partial charge in [-0.15, -0.1) is 5.10 Å². The van der Waals surface area contributed by atoms with Crippen molar-refractivity contribution in [2.45, 2.75) is 44.7 Å². The van der Waals surface area contributed by atoms with Crippen molar-refractivity contribution in [1.29, 1.82) is 0 Å². The summed E-state index contributed by atoms with van der Waals surface area (Å²) in [5.74, 6) is 1.30. The Balaban J connectivity index is 1.42. The lowest BCUT2D eigenvalue weighted by atomic mass is 9.95. The van der Waals surface area contributed by atoms with E-state index in [4.69, 9.17) is 14.6 Å². The van der Waals surface area contributed by atoms with Gasteiger partial charge in [-0.3, -0.25) is 0 Å². The van der Waals surface area contributed by atoms with Gasteiger partial charge >= 0.3 is 5.97 Å². The highest BCUT2D eigenvalue weighted by Gasteiger charge is 2.35. The Morgan fingerprint density at radius 3 is 2.51 bits per heavy atom. The van der Waals surface area contributed by atoms with Gasteiger partial charge in [-0.1, -0.05) is 79.3 Å². The van der Waals surface area contributed by atoms with Crippen LogP contribution in [0.15, 0.2) is 95.3 Å². The summed E-state index contributed by atoms with van der Waals surface area (Å²) < 4.78 is 27.3. The Morgan fingerprint density at radius 1 is 1.03 bits per heavy atom. The second-order valence-electron chi connectivity index (χ2n) is 9.09. The van der Waals surface area contributed by atoms with Crippen molar-refractivity contribution in [2.24, 2.45) is 0 Å². The number of nitrogens with zero attached hydrogens (tertiary/aromatic N) is 3. The molecule has 4 aromatic rings. The van der Waals surface area contributed by atoms with Crippen LogP contribution in [0, 0.1) is 5.82 Å². The van der Waals surface area contributed by atoms with Gasteiger partial charge in [0, 0.05) is 17.0 Å². The minimum Gasteiger partial charge on any atom is -0.489 e. The van der Waals surface area contributed by atoms with E-state index < -0.39 is 12.0 Å². The molecule has 1 unspecified atom stereocenters. The van der Waals surface area contributed by atoms with Crippen LogP contribution in [0.2, 0.25) is 0 Å². The number of nitrogens with one attached hydrogen (secondary N) is 1. The van der Waals surface area contributed by atoms with E-state index in [1.165, 1.54) is 6.07 Å². The summed E-state index contributed by atoms with van der Waals surface area (Å²) in [6.45, 7) is 4.22. The zero-order valence-electron chi connectivity index (χ0n) is 21.8. The summed E-state index contributed by atoms with van der Waals surface area (Å²) in [5.41, 5.74) is 3.31. The van der Waals surface area contributed by atoms with Gasteiger partial charge in [0.25, 0.3) is 0 Å². The number of carbonyl (C=O) groups excluding carboxylic acids is 1. The third-order valence-corrected chi connectivity index (χ3v) is 7.29. The topological polar surface area (TPSA) is 78.3 Å². The van der Waals surface area contributed by atoms with Crippen LogP contribution in [0.5, 0.6) is 5.75 Å². The summed E-state index contributed by atoms with van der Waals surface area (Å²) in [5, 5.41) is 8.61. The molecule has 1 aliphatic rings. The molecular weight excluding hydrogens is 515 g/mol. The molecule has 7 nitrogen and oxygen atoms in total. The van der Waals surface area contributed by atoms with E-state index in [-0.39, 0.29) is 19.0 Å². The lowest BCUT2D eigenvalue weighted by Crippen LogP contribution is -2.29. The molecule has 1 atom stereocenters. The van der Waals surface area contributed by atoms with Crippen molar-refractivity contribution in [2.75, 3.05) is 11.1 Å². The maximum absolute atomic E-state index is 14.0. The number of carbonyl (C=O) groups is 1. The van der Waals surface area contributed by atoms with Gasteiger partial charge in [-0.25, -0.2) is 13.9 Å². The molecule has 0 radical (unpaired) electrons. The molecule has 3 aromatic carbocycles. The first-order chi connectivity index (χ1) is 19.0. The summed E-state index contributed by atoms with van der Waals surface area (Å²) in [4.78, 5) is 18.1. The minimum absolute atomic E-state index is 0.112. The molecule has 1 N–H and O–H groups in total. The number of fused-ring (bicyclic) bond motifs is 1. The predicted molar refractivity (Wildman–Crippen MR) is 149 cm³/mol. The van der Waals surface area contributed by atoms with E-state index in [2.05, 4.69) is 17.2 Å². The Hall–Kier alpha value is -4.11. The van der Waals surface area contributed by atoms with E-state index in [1.807, 2.05) is 61.5 Å². The smallest absolute Gasteiger partial charge is 0.338 e. The van der Waals surface area contributed by atoms with Crippen LogP contribution in [-0.2, 0) is 22.7 Å². The van der Waals surface area contributed by atoms with Crippen molar-refractivity contribution >= 4 is 23.7 Å². The summed E-state index contributed by atoms with van der Waals surface area (Å²) in [7, 11) is 0. The fraction of sp³-hybridized carbons (Fsp3) is 0.233. The van der Waals surface area contributed by atoms with Crippen LogP contribution in [0.3, 0.4) is 0 Å². The predicted octanol–water partition coefficient (Wildman–Crippen LogP) is 6.53. The number of esters is 1. The molecule has 0 saturated heterocycles. The molecule has 0 bridgehead atoms. The lowest BCUT2D eigenvalue weighted by Gasteiger charge is -2.28. The zero-order valence-corrected chi connectivity index (χ0v) is 22.6. The molecule has 0 spiro atoms. The third kappa shape index (κ3) is 6.15. The average molecular weight is 545 g/mol. The number of anilines is 1. The van der Waals surface area contributed by atoms with Crippen LogP contribution in [0.1, 0.15) is 43.0 Å². The molecule has 5 rings (SSSR count). The first kappa shape index (κ1) is 26.5. The number of thioether (sulfide) groups is 1. The quantitative estimate of drug-likeness (QED) is 0.180. The summed E-state index contributed by atoms with van der Waals surface area (Å²) in [6, 6.07) is 22.9. The van der Waals surface area contributed by atoms with Crippen molar-refractivity contribution < 1.29 is 18.7 Å². The number of hydrogen-bond donors (Lipinski definition) is 1. The number of aromatic nitrogens is 3. The van der Waals surface area contributed by atoms with Crippen LogP contribution in [0.4, 0.5) is 10.3 Å². The van der Waals surface area contributed by atoms with Gasteiger partial charge in [0.2, 0.25) is 11.1 Å². The lowest BCUT2D eigenvalue weighted by molar-refractivity contribution is -0.140. The molecule has 39 heavy (non-hydrogen) atoms. The number of ether oxygens (including phenoxy) is 2. The highest BCUT2D eigenvalue weighted by molar-refractivity contribution is 7.99. The van der Waals surface area contributed by atoms with E-state index in [0.717, 1.165) is 23.3 Å². The molecule has 9 heteroatoms. The van der Waals surface area contributed by atoms with Gasteiger partial charge in [-0.2, -0.15) is 4.98 Å². The molecule has 0 amide bonds. The van der Waals surface area contributed by atoms with Crippen LogP contribution in [0.25, 0.3) is 0 Å². The van der Waals surface area contributed by atoms with E-state index in [0.29, 0.717) is 33.7 Å². The molecule has 1 aromatic heterocycles. The second-order valence-corrected chi connectivity index (χ2v) is 10.2. The third-order valence-electron chi connectivity index (χ3n) is 6.25. The average Bonchev–Trinajstić information content (AvgIpc) is 3.37. The largest absolute Gasteiger partial charge is 0.489 e. The molecule has 0 aliphatic carbocycles. The Kier molecular flexibility index (Phi) is 8.27. The Morgan fingerprint density at radius 2 is 1.77 bits per heavy atom. The first-order valence-electron chi connectivity index (χ1n) is 12.8. The van der Waals surface area contributed by atoms with Crippen molar-refractivity contribution in [1.82, 2.24) is 14.8 Å². The van der Waals surface area contributed by atoms with Crippen molar-refractivity contribution in [3.63, 3.8) is 0 Å². The van der Waals surface area contributed by atoms with Crippen LogP contribution < -0.4 is 10.1 Å². The normalized spacial score (nSPS) is 14.5. The van der Waals surface area contributed by atoms with Gasteiger partial charge in [0.15, 0.2) is 0 Å². The fourth-order valence-electron chi connectivity index (χ4n) is 4.28. The van der Waals surface area contributed by atoms with E-state index >= 15 is 0 Å². The van der Waals surface area contributed by atoms with Gasteiger partial charge in [0.1, 0.15) is 30.8 Å². The molecular formula is C30H29FN4O3S. The highest BCUT2D eigenvalue weighted by Crippen LogP contribution is 2.37. The summed E-state index contributed by atoms with van der Waals surface area (Å²) >= 11 is 1.57.